The van der Waals surface area contributed by atoms with Gasteiger partial charge in [0, 0.05) is 7.05 Å². The number of imidazole rings is 1. The summed E-state index contributed by atoms with van der Waals surface area (Å²) in [6.45, 7) is 6.10. The second-order valence-electron chi connectivity index (χ2n) is 5.19. The van der Waals surface area contributed by atoms with Gasteiger partial charge in [-0.2, -0.15) is 4.98 Å². The first-order chi connectivity index (χ1) is 7.89. The molecule has 6 nitrogen and oxygen atoms in total. The Morgan fingerprint density at radius 2 is 2.12 bits per heavy atom. The van der Waals surface area contributed by atoms with Crippen molar-refractivity contribution in [2.75, 3.05) is 0 Å². The fourth-order valence-electron chi connectivity index (χ4n) is 1.41. The van der Waals surface area contributed by atoms with Crippen molar-refractivity contribution in [1.29, 1.82) is 0 Å². The van der Waals surface area contributed by atoms with Gasteiger partial charge >= 0.3 is 0 Å². The first-order valence-corrected chi connectivity index (χ1v) is 5.45. The van der Waals surface area contributed by atoms with Crippen LogP contribution in [0.1, 0.15) is 32.7 Å². The van der Waals surface area contributed by atoms with Crippen LogP contribution in [-0.4, -0.2) is 19.7 Å². The maximum absolute atomic E-state index is 6.06. The van der Waals surface area contributed by atoms with Crippen molar-refractivity contribution in [2.24, 2.45) is 18.2 Å². The molecule has 2 N–H and O–H groups in total. The summed E-state index contributed by atoms with van der Waals surface area (Å²) in [5.74, 6) is 0.966. The lowest BCUT2D eigenvalue weighted by atomic mass is 9.87. The van der Waals surface area contributed by atoms with Gasteiger partial charge in [-0.1, -0.05) is 25.9 Å². The van der Waals surface area contributed by atoms with E-state index in [2.05, 4.69) is 15.1 Å². The Kier molecular flexibility index (Phi) is 2.74. The van der Waals surface area contributed by atoms with Crippen molar-refractivity contribution >= 4 is 0 Å². The van der Waals surface area contributed by atoms with Gasteiger partial charge in [-0.05, 0) is 5.41 Å². The molecule has 92 valence electrons. The summed E-state index contributed by atoms with van der Waals surface area (Å²) in [5.41, 5.74) is 6.75. The van der Waals surface area contributed by atoms with Crippen LogP contribution >= 0.6 is 0 Å². The van der Waals surface area contributed by atoms with E-state index in [4.69, 9.17) is 10.3 Å². The largest absolute Gasteiger partial charge is 0.337 e. The number of hydrogen-bond donors (Lipinski definition) is 1. The normalized spacial score (nSPS) is 13.9. The Hall–Kier alpha value is -1.69. The summed E-state index contributed by atoms with van der Waals surface area (Å²) in [5, 5.41) is 3.93. The molecule has 0 aromatic carbocycles. The van der Waals surface area contributed by atoms with Crippen molar-refractivity contribution in [2.45, 2.75) is 26.8 Å². The molecule has 0 bridgehead atoms. The zero-order valence-electron chi connectivity index (χ0n) is 10.5. The number of nitrogens with zero attached hydrogens (tertiary/aromatic N) is 4. The Morgan fingerprint density at radius 1 is 1.41 bits per heavy atom. The second kappa shape index (κ2) is 3.96. The molecule has 0 aliphatic carbocycles. The van der Waals surface area contributed by atoms with E-state index in [9.17, 15) is 0 Å². The SMILES string of the molecule is Cn1cncc1-c1noc([C@@H](N)C(C)(C)C)n1. The van der Waals surface area contributed by atoms with Gasteiger partial charge in [0.2, 0.25) is 11.7 Å². The quantitative estimate of drug-likeness (QED) is 0.853. The molecule has 1 atom stereocenters. The van der Waals surface area contributed by atoms with E-state index in [1.54, 1.807) is 12.5 Å². The van der Waals surface area contributed by atoms with Crippen molar-refractivity contribution in [3.63, 3.8) is 0 Å². The predicted octanol–water partition coefficient (Wildman–Crippen LogP) is 1.52. The first kappa shape index (κ1) is 11.8. The van der Waals surface area contributed by atoms with Crippen LogP contribution in [0.25, 0.3) is 11.5 Å². The molecule has 0 saturated carbocycles. The summed E-state index contributed by atoms with van der Waals surface area (Å²) in [6.07, 6.45) is 3.38. The monoisotopic (exact) mass is 235 g/mol. The maximum Gasteiger partial charge on any atom is 0.244 e. The third-order valence-electron chi connectivity index (χ3n) is 2.69. The van der Waals surface area contributed by atoms with Gasteiger partial charge in [-0.3, -0.25) is 0 Å². The summed E-state index contributed by atoms with van der Waals surface area (Å²) in [6, 6.07) is -0.281. The molecule has 2 aromatic rings. The van der Waals surface area contributed by atoms with E-state index < -0.39 is 0 Å². The molecule has 0 aliphatic heterocycles. The van der Waals surface area contributed by atoms with E-state index in [0.717, 1.165) is 5.69 Å². The van der Waals surface area contributed by atoms with Gasteiger partial charge in [0.25, 0.3) is 0 Å². The van der Waals surface area contributed by atoms with E-state index >= 15 is 0 Å². The Bertz CT molecular complexity index is 508. The fraction of sp³-hybridized carbons (Fsp3) is 0.545. The molecule has 0 fully saturated rings. The van der Waals surface area contributed by atoms with Gasteiger partial charge < -0.3 is 14.8 Å². The molecule has 2 heterocycles. The van der Waals surface area contributed by atoms with E-state index in [-0.39, 0.29) is 11.5 Å². The van der Waals surface area contributed by atoms with E-state index in [1.807, 2.05) is 32.4 Å². The molecular weight excluding hydrogens is 218 g/mol. The standard InChI is InChI=1S/C11H17N5O/c1-11(2,3)8(12)10-14-9(15-17-10)7-5-13-6-16(7)4/h5-6,8H,12H2,1-4H3/t8-/m1/s1. The third-order valence-corrected chi connectivity index (χ3v) is 2.69. The smallest absolute Gasteiger partial charge is 0.244 e. The zero-order chi connectivity index (χ0) is 12.6. The highest BCUT2D eigenvalue weighted by atomic mass is 16.5. The lowest BCUT2D eigenvalue weighted by Crippen LogP contribution is -2.26. The Morgan fingerprint density at radius 3 is 2.65 bits per heavy atom. The molecule has 6 heteroatoms. The van der Waals surface area contributed by atoms with Gasteiger partial charge in [-0.25, -0.2) is 4.98 Å². The molecule has 0 radical (unpaired) electrons. The maximum atomic E-state index is 6.06. The van der Waals surface area contributed by atoms with Crippen molar-refractivity contribution < 1.29 is 4.52 Å². The minimum atomic E-state index is -0.281. The van der Waals surface area contributed by atoms with Gasteiger partial charge in [-0.15, -0.1) is 0 Å². The highest BCUT2D eigenvalue weighted by Crippen LogP contribution is 2.30. The lowest BCUT2D eigenvalue weighted by Gasteiger charge is -2.23. The fourth-order valence-corrected chi connectivity index (χ4v) is 1.41. The minimum absolute atomic E-state index is 0.115. The number of hydrogen-bond acceptors (Lipinski definition) is 5. The average Bonchev–Trinajstić information content (AvgIpc) is 2.83. The van der Waals surface area contributed by atoms with Gasteiger partial charge in [0.05, 0.1) is 18.6 Å². The van der Waals surface area contributed by atoms with Crippen LogP contribution in [0.4, 0.5) is 0 Å². The van der Waals surface area contributed by atoms with Crippen molar-refractivity contribution in [3.8, 4) is 11.5 Å². The van der Waals surface area contributed by atoms with Gasteiger partial charge in [0.15, 0.2) is 0 Å². The van der Waals surface area contributed by atoms with Crippen molar-refractivity contribution in [1.82, 2.24) is 19.7 Å². The highest BCUT2D eigenvalue weighted by Gasteiger charge is 2.28. The number of aryl methyl sites for hydroxylation is 1. The van der Waals surface area contributed by atoms with Crippen LogP contribution in [0.3, 0.4) is 0 Å². The molecule has 0 spiro atoms. The molecular formula is C11H17N5O. The summed E-state index contributed by atoms with van der Waals surface area (Å²) in [7, 11) is 1.88. The summed E-state index contributed by atoms with van der Waals surface area (Å²) in [4.78, 5) is 8.33. The molecule has 0 amide bonds. The number of rotatable bonds is 2. The average molecular weight is 235 g/mol. The topological polar surface area (TPSA) is 82.8 Å². The van der Waals surface area contributed by atoms with Crippen LogP contribution in [0, 0.1) is 5.41 Å². The summed E-state index contributed by atoms with van der Waals surface area (Å²) < 4.78 is 7.04. The van der Waals surface area contributed by atoms with E-state index in [1.165, 1.54) is 0 Å². The number of nitrogens with two attached hydrogens (primary N) is 1. The zero-order valence-corrected chi connectivity index (χ0v) is 10.5. The van der Waals surface area contributed by atoms with E-state index in [0.29, 0.717) is 11.7 Å². The minimum Gasteiger partial charge on any atom is -0.337 e. The van der Waals surface area contributed by atoms with Crippen LogP contribution in [0.15, 0.2) is 17.0 Å². The molecule has 0 aliphatic rings. The Balaban J connectivity index is 2.31. The molecule has 2 aromatic heterocycles. The summed E-state index contributed by atoms with van der Waals surface area (Å²) >= 11 is 0. The first-order valence-electron chi connectivity index (χ1n) is 5.45. The molecule has 0 saturated heterocycles. The van der Waals surface area contributed by atoms with Crippen molar-refractivity contribution in [3.05, 3.63) is 18.4 Å². The van der Waals surface area contributed by atoms with Crippen LogP contribution in [-0.2, 0) is 7.05 Å². The predicted molar refractivity (Wildman–Crippen MR) is 62.9 cm³/mol. The third kappa shape index (κ3) is 2.21. The van der Waals surface area contributed by atoms with Crippen LogP contribution in [0.2, 0.25) is 0 Å². The molecule has 17 heavy (non-hydrogen) atoms. The van der Waals surface area contributed by atoms with Gasteiger partial charge in [0.1, 0.15) is 5.69 Å². The molecule has 0 unspecified atom stereocenters. The van der Waals surface area contributed by atoms with Crippen LogP contribution in [0.5, 0.6) is 0 Å². The second-order valence-corrected chi connectivity index (χ2v) is 5.19. The molecule has 2 rings (SSSR count). The van der Waals surface area contributed by atoms with Crippen LogP contribution < -0.4 is 5.73 Å². The Labute approximate surface area is 99.8 Å². The number of aromatic nitrogens is 4. The lowest BCUT2D eigenvalue weighted by molar-refractivity contribution is 0.253. The highest BCUT2D eigenvalue weighted by molar-refractivity contribution is 5.47.